The number of aromatic nitrogens is 1. The highest BCUT2D eigenvalue weighted by molar-refractivity contribution is 5.94. The normalized spacial score (nSPS) is 11.8. The van der Waals surface area contributed by atoms with Gasteiger partial charge in [-0.05, 0) is 60.8 Å². The molecule has 134 valence electrons. The number of methoxy groups -OCH3 is 2. The molecular formula is C20H20N2O4. The van der Waals surface area contributed by atoms with E-state index in [1.54, 1.807) is 75.9 Å². The number of anilines is 1. The summed E-state index contributed by atoms with van der Waals surface area (Å²) in [6.07, 6.45) is 1.63. The standard InChI is InChI=1S/C20H20N2O4/c1-13(19(23)21-15-4-6-16(25-2)7-5-15)22-11-10-14-12-17(26-3)8-9-18(14)20(22)24/h4-13H,1-3H3,(H,21,23). The highest BCUT2D eigenvalue weighted by Gasteiger charge is 2.17. The van der Waals surface area contributed by atoms with Crippen LogP contribution in [0.4, 0.5) is 5.69 Å². The second kappa shape index (κ2) is 7.31. The van der Waals surface area contributed by atoms with Gasteiger partial charge in [0.15, 0.2) is 0 Å². The highest BCUT2D eigenvalue weighted by Crippen LogP contribution is 2.20. The second-order valence-corrected chi connectivity index (χ2v) is 5.88. The molecule has 0 aliphatic heterocycles. The first-order chi connectivity index (χ1) is 12.5. The fourth-order valence-corrected chi connectivity index (χ4v) is 2.72. The van der Waals surface area contributed by atoms with E-state index in [-0.39, 0.29) is 11.5 Å². The smallest absolute Gasteiger partial charge is 0.259 e. The molecule has 26 heavy (non-hydrogen) atoms. The Morgan fingerprint density at radius 2 is 1.65 bits per heavy atom. The SMILES string of the molecule is COc1ccc(NC(=O)C(C)n2ccc3cc(OC)ccc3c2=O)cc1. The third kappa shape index (κ3) is 3.39. The molecule has 0 saturated carbocycles. The summed E-state index contributed by atoms with van der Waals surface area (Å²) >= 11 is 0. The predicted molar refractivity (Wildman–Crippen MR) is 101 cm³/mol. The lowest BCUT2D eigenvalue weighted by Crippen LogP contribution is -2.31. The van der Waals surface area contributed by atoms with E-state index in [2.05, 4.69) is 5.32 Å². The first-order valence-electron chi connectivity index (χ1n) is 8.17. The summed E-state index contributed by atoms with van der Waals surface area (Å²) in [6, 6.07) is 13.4. The number of nitrogens with zero attached hydrogens (tertiary/aromatic N) is 1. The maximum absolute atomic E-state index is 12.7. The molecule has 3 rings (SSSR count). The fraction of sp³-hybridized carbons (Fsp3) is 0.200. The van der Waals surface area contributed by atoms with E-state index in [4.69, 9.17) is 9.47 Å². The maximum atomic E-state index is 12.7. The Labute approximate surface area is 151 Å². The minimum absolute atomic E-state index is 0.220. The summed E-state index contributed by atoms with van der Waals surface area (Å²) in [7, 11) is 3.16. The number of benzene rings is 2. The number of carbonyl (C=O) groups excluding carboxylic acids is 1. The van der Waals surface area contributed by atoms with Crippen molar-refractivity contribution in [3.05, 3.63) is 65.1 Å². The Morgan fingerprint density at radius 1 is 1.00 bits per heavy atom. The Bertz CT molecular complexity index is 993. The van der Waals surface area contributed by atoms with Gasteiger partial charge in [-0.25, -0.2) is 0 Å². The van der Waals surface area contributed by atoms with Crippen LogP contribution in [0.3, 0.4) is 0 Å². The lowest BCUT2D eigenvalue weighted by atomic mass is 10.1. The number of carbonyl (C=O) groups is 1. The molecule has 0 aliphatic carbocycles. The molecule has 1 atom stereocenters. The zero-order valence-corrected chi connectivity index (χ0v) is 14.9. The van der Waals surface area contributed by atoms with E-state index < -0.39 is 6.04 Å². The van der Waals surface area contributed by atoms with Crippen molar-refractivity contribution in [2.75, 3.05) is 19.5 Å². The molecular weight excluding hydrogens is 332 g/mol. The lowest BCUT2D eigenvalue weighted by Gasteiger charge is -2.16. The van der Waals surface area contributed by atoms with Gasteiger partial charge >= 0.3 is 0 Å². The number of rotatable bonds is 5. The van der Waals surface area contributed by atoms with Crippen molar-refractivity contribution >= 4 is 22.4 Å². The number of hydrogen-bond donors (Lipinski definition) is 1. The van der Waals surface area contributed by atoms with Crippen LogP contribution in [0.2, 0.25) is 0 Å². The third-order valence-electron chi connectivity index (χ3n) is 4.29. The largest absolute Gasteiger partial charge is 0.497 e. The number of hydrogen-bond acceptors (Lipinski definition) is 4. The molecule has 0 radical (unpaired) electrons. The molecule has 1 heterocycles. The summed E-state index contributed by atoms with van der Waals surface area (Å²) < 4.78 is 11.7. The topological polar surface area (TPSA) is 69.6 Å². The van der Waals surface area contributed by atoms with Crippen molar-refractivity contribution in [2.45, 2.75) is 13.0 Å². The first kappa shape index (κ1) is 17.5. The number of ether oxygens (including phenoxy) is 2. The molecule has 0 bridgehead atoms. The third-order valence-corrected chi connectivity index (χ3v) is 4.29. The van der Waals surface area contributed by atoms with Gasteiger partial charge in [-0.2, -0.15) is 0 Å². The van der Waals surface area contributed by atoms with Crippen LogP contribution in [-0.2, 0) is 4.79 Å². The van der Waals surface area contributed by atoms with Crippen molar-refractivity contribution in [1.29, 1.82) is 0 Å². The van der Waals surface area contributed by atoms with Crippen LogP contribution in [0, 0.1) is 0 Å². The number of fused-ring (bicyclic) bond motifs is 1. The van der Waals surface area contributed by atoms with Crippen LogP contribution < -0.4 is 20.3 Å². The van der Waals surface area contributed by atoms with Crippen LogP contribution in [0.5, 0.6) is 11.5 Å². The average molecular weight is 352 g/mol. The molecule has 6 nitrogen and oxygen atoms in total. The zero-order chi connectivity index (χ0) is 18.7. The molecule has 1 aromatic heterocycles. The summed E-state index contributed by atoms with van der Waals surface area (Å²) in [6.45, 7) is 1.69. The Morgan fingerprint density at radius 3 is 2.31 bits per heavy atom. The molecule has 0 fully saturated rings. The highest BCUT2D eigenvalue weighted by atomic mass is 16.5. The van der Waals surface area contributed by atoms with Crippen LogP contribution in [0.1, 0.15) is 13.0 Å². The summed E-state index contributed by atoms with van der Waals surface area (Å²) in [5.41, 5.74) is 0.420. The Balaban J connectivity index is 1.86. The molecule has 0 spiro atoms. The van der Waals surface area contributed by atoms with Gasteiger partial charge in [0.1, 0.15) is 17.5 Å². The molecule has 1 N–H and O–H groups in total. The predicted octanol–water partition coefficient (Wildman–Crippen LogP) is 3.22. The summed E-state index contributed by atoms with van der Waals surface area (Å²) in [5.74, 6) is 1.11. The molecule has 6 heteroatoms. The average Bonchev–Trinajstić information content (AvgIpc) is 2.68. The van der Waals surface area contributed by atoms with Crippen molar-refractivity contribution in [2.24, 2.45) is 0 Å². The number of pyridine rings is 1. The molecule has 0 aliphatic rings. The summed E-state index contributed by atoms with van der Waals surface area (Å²) in [5, 5.41) is 4.12. The monoisotopic (exact) mass is 352 g/mol. The molecule has 1 unspecified atom stereocenters. The van der Waals surface area contributed by atoms with E-state index in [1.165, 1.54) is 4.57 Å². The van der Waals surface area contributed by atoms with Crippen LogP contribution >= 0.6 is 0 Å². The summed E-state index contributed by atoms with van der Waals surface area (Å²) in [4.78, 5) is 25.3. The molecule has 0 saturated heterocycles. The van der Waals surface area contributed by atoms with Crippen molar-refractivity contribution in [3.63, 3.8) is 0 Å². The second-order valence-electron chi connectivity index (χ2n) is 5.88. The zero-order valence-electron chi connectivity index (χ0n) is 14.9. The fourth-order valence-electron chi connectivity index (χ4n) is 2.72. The van der Waals surface area contributed by atoms with Crippen LogP contribution in [0.25, 0.3) is 10.8 Å². The van der Waals surface area contributed by atoms with Crippen molar-refractivity contribution in [1.82, 2.24) is 4.57 Å². The van der Waals surface area contributed by atoms with Gasteiger partial charge < -0.3 is 19.4 Å². The number of amides is 1. The van der Waals surface area contributed by atoms with E-state index in [0.29, 0.717) is 22.6 Å². The van der Waals surface area contributed by atoms with E-state index in [9.17, 15) is 9.59 Å². The van der Waals surface area contributed by atoms with Crippen molar-refractivity contribution in [3.8, 4) is 11.5 Å². The van der Waals surface area contributed by atoms with E-state index in [0.717, 1.165) is 5.39 Å². The van der Waals surface area contributed by atoms with Gasteiger partial charge in [0, 0.05) is 17.3 Å². The molecule has 3 aromatic rings. The molecule has 1 amide bonds. The maximum Gasteiger partial charge on any atom is 0.259 e. The first-order valence-corrected chi connectivity index (χ1v) is 8.17. The minimum atomic E-state index is -0.656. The minimum Gasteiger partial charge on any atom is -0.497 e. The Hall–Kier alpha value is -3.28. The lowest BCUT2D eigenvalue weighted by molar-refractivity contribution is -0.118. The molecule has 2 aromatic carbocycles. The van der Waals surface area contributed by atoms with Gasteiger partial charge in [0.25, 0.3) is 5.56 Å². The van der Waals surface area contributed by atoms with E-state index >= 15 is 0 Å². The van der Waals surface area contributed by atoms with Gasteiger partial charge in [0.2, 0.25) is 5.91 Å². The van der Waals surface area contributed by atoms with Crippen LogP contribution in [-0.4, -0.2) is 24.7 Å². The van der Waals surface area contributed by atoms with Gasteiger partial charge in [-0.15, -0.1) is 0 Å². The quantitative estimate of drug-likeness (QED) is 0.765. The van der Waals surface area contributed by atoms with Crippen molar-refractivity contribution < 1.29 is 14.3 Å². The number of nitrogens with one attached hydrogen (secondary N) is 1. The van der Waals surface area contributed by atoms with Gasteiger partial charge in [0.05, 0.1) is 14.2 Å². The van der Waals surface area contributed by atoms with E-state index in [1.807, 2.05) is 0 Å². The Kier molecular flexibility index (Phi) is 4.93. The van der Waals surface area contributed by atoms with Gasteiger partial charge in [-0.1, -0.05) is 0 Å². The van der Waals surface area contributed by atoms with Gasteiger partial charge in [-0.3, -0.25) is 9.59 Å². The van der Waals surface area contributed by atoms with Crippen LogP contribution in [0.15, 0.2) is 59.5 Å².